The molecule has 4 aromatic heterocycles. The molecule has 1 aromatic carbocycles. The SMILES string of the molecule is O=c1n(Cc2ccc(C(F)(F)F)nc2)nc2c(-c3cnccn3)c(-c3ccc(Cl)cc3)ccn12. The van der Waals surface area contributed by atoms with Crippen molar-refractivity contribution in [2.75, 3.05) is 0 Å². The average Bonchev–Trinajstić information content (AvgIpc) is 3.14. The summed E-state index contributed by atoms with van der Waals surface area (Å²) in [7, 11) is 0. The number of alkyl halides is 3. The second-order valence-corrected chi connectivity index (χ2v) is 7.82. The monoisotopic (exact) mass is 482 g/mol. The van der Waals surface area contributed by atoms with Gasteiger partial charge in [-0.1, -0.05) is 29.8 Å². The van der Waals surface area contributed by atoms with Gasteiger partial charge in [-0.2, -0.15) is 13.2 Å². The van der Waals surface area contributed by atoms with Crippen LogP contribution >= 0.6 is 11.6 Å². The summed E-state index contributed by atoms with van der Waals surface area (Å²) in [6.07, 6.45) is 2.78. The van der Waals surface area contributed by atoms with E-state index in [1.807, 2.05) is 12.1 Å². The van der Waals surface area contributed by atoms with Gasteiger partial charge in [0.25, 0.3) is 0 Å². The molecule has 0 aliphatic carbocycles. The zero-order valence-electron chi connectivity index (χ0n) is 17.2. The highest BCUT2D eigenvalue weighted by molar-refractivity contribution is 6.30. The highest BCUT2D eigenvalue weighted by Crippen LogP contribution is 2.34. The molecule has 0 spiro atoms. The summed E-state index contributed by atoms with van der Waals surface area (Å²) in [6.45, 7) is -0.0537. The van der Waals surface area contributed by atoms with Gasteiger partial charge in [-0.3, -0.25) is 15.0 Å². The van der Waals surface area contributed by atoms with Gasteiger partial charge in [-0.05, 0) is 41.0 Å². The van der Waals surface area contributed by atoms with Crippen molar-refractivity contribution < 1.29 is 13.2 Å². The Morgan fingerprint density at radius 2 is 1.74 bits per heavy atom. The van der Waals surface area contributed by atoms with Crippen molar-refractivity contribution in [3.05, 3.63) is 100 Å². The smallest absolute Gasteiger partial charge is 0.261 e. The number of hydrogen-bond donors (Lipinski definition) is 0. The van der Waals surface area contributed by atoms with E-state index in [0.29, 0.717) is 27.5 Å². The Hall–Kier alpha value is -4.05. The van der Waals surface area contributed by atoms with Crippen molar-refractivity contribution in [2.45, 2.75) is 12.7 Å². The van der Waals surface area contributed by atoms with Crippen LogP contribution in [0.15, 0.2) is 78.2 Å². The van der Waals surface area contributed by atoms with Crippen LogP contribution in [0, 0.1) is 0 Å². The first-order valence-electron chi connectivity index (χ1n) is 9.98. The van der Waals surface area contributed by atoms with E-state index in [9.17, 15) is 18.0 Å². The van der Waals surface area contributed by atoms with E-state index in [0.717, 1.165) is 23.4 Å². The molecular weight excluding hydrogens is 469 g/mol. The fourth-order valence-electron chi connectivity index (χ4n) is 3.59. The summed E-state index contributed by atoms with van der Waals surface area (Å²) in [5.41, 5.74) is 1.96. The number of benzene rings is 1. The van der Waals surface area contributed by atoms with Crippen LogP contribution in [-0.4, -0.2) is 29.1 Å². The number of fused-ring (bicyclic) bond motifs is 1. The van der Waals surface area contributed by atoms with Crippen molar-refractivity contribution in [1.82, 2.24) is 29.1 Å². The molecule has 0 amide bonds. The molecule has 170 valence electrons. The van der Waals surface area contributed by atoms with Gasteiger partial charge in [0, 0.05) is 29.8 Å². The Bertz CT molecular complexity index is 1530. The van der Waals surface area contributed by atoms with Gasteiger partial charge in [-0.15, -0.1) is 5.10 Å². The van der Waals surface area contributed by atoms with Gasteiger partial charge in [0.15, 0.2) is 5.65 Å². The number of hydrogen-bond acceptors (Lipinski definition) is 5. The van der Waals surface area contributed by atoms with Gasteiger partial charge in [0.05, 0.1) is 24.0 Å². The van der Waals surface area contributed by atoms with E-state index in [1.165, 1.54) is 27.5 Å². The Morgan fingerprint density at radius 3 is 2.38 bits per heavy atom. The first-order valence-corrected chi connectivity index (χ1v) is 10.4. The molecule has 4 heterocycles. The predicted octanol–water partition coefficient (Wildman–Crippen LogP) is 4.74. The average molecular weight is 483 g/mol. The molecular formula is C23H14ClF3N6O. The van der Waals surface area contributed by atoms with Crippen LogP contribution in [0.1, 0.15) is 11.3 Å². The molecule has 11 heteroatoms. The molecule has 5 aromatic rings. The van der Waals surface area contributed by atoms with Crippen LogP contribution in [-0.2, 0) is 12.7 Å². The fraction of sp³-hybridized carbons (Fsp3) is 0.0870. The summed E-state index contributed by atoms with van der Waals surface area (Å²) >= 11 is 6.04. The Kier molecular flexibility index (Phi) is 5.37. The summed E-state index contributed by atoms with van der Waals surface area (Å²) < 4.78 is 40.9. The molecule has 7 nitrogen and oxygen atoms in total. The second kappa shape index (κ2) is 8.38. The fourth-order valence-corrected chi connectivity index (χ4v) is 3.72. The minimum absolute atomic E-state index is 0.0537. The molecule has 0 atom stereocenters. The van der Waals surface area contributed by atoms with Crippen molar-refractivity contribution in [2.24, 2.45) is 0 Å². The normalized spacial score (nSPS) is 11.8. The third-order valence-corrected chi connectivity index (χ3v) is 5.43. The summed E-state index contributed by atoms with van der Waals surface area (Å²) in [5, 5.41) is 5.06. The number of nitrogens with zero attached hydrogens (tertiary/aromatic N) is 6. The molecule has 0 radical (unpaired) electrons. The lowest BCUT2D eigenvalue weighted by Crippen LogP contribution is -2.21. The Morgan fingerprint density at radius 1 is 0.941 bits per heavy atom. The standard InChI is InChI=1S/C23H14ClF3N6O/c24-16-4-2-15(3-5-16)17-7-10-32-21(20(17)18-12-28-8-9-29-18)31-33(22(32)34)13-14-1-6-19(30-11-14)23(25,26)27/h1-12H,13H2. The molecule has 0 saturated heterocycles. The van der Waals surface area contributed by atoms with Crippen LogP contribution in [0.4, 0.5) is 13.2 Å². The zero-order chi connectivity index (χ0) is 23.9. The van der Waals surface area contributed by atoms with Gasteiger partial charge < -0.3 is 0 Å². The van der Waals surface area contributed by atoms with E-state index in [1.54, 1.807) is 30.6 Å². The maximum Gasteiger partial charge on any atom is 0.433 e. The lowest BCUT2D eigenvalue weighted by atomic mass is 9.99. The first-order chi connectivity index (χ1) is 16.3. The molecule has 0 aliphatic rings. The lowest BCUT2D eigenvalue weighted by molar-refractivity contribution is -0.141. The van der Waals surface area contributed by atoms with Crippen LogP contribution in [0.2, 0.25) is 5.02 Å². The molecule has 0 fully saturated rings. The number of rotatable bonds is 4. The van der Waals surface area contributed by atoms with Crippen molar-refractivity contribution in [3.63, 3.8) is 0 Å². The van der Waals surface area contributed by atoms with E-state index < -0.39 is 17.6 Å². The molecule has 0 aliphatic heterocycles. The third kappa shape index (κ3) is 4.03. The van der Waals surface area contributed by atoms with E-state index >= 15 is 0 Å². The van der Waals surface area contributed by atoms with Crippen LogP contribution in [0.25, 0.3) is 28.0 Å². The highest BCUT2D eigenvalue weighted by atomic mass is 35.5. The van der Waals surface area contributed by atoms with Crippen LogP contribution < -0.4 is 5.69 Å². The minimum atomic E-state index is -4.54. The van der Waals surface area contributed by atoms with E-state index in [2.05, 4.69) is 20.1 Å². The maximum absolute atomic E-state index is 13.0. The Balaban J connectivity index is 1.65. The van der Waals surface area contributed by atoms with Crippen molar-refractivity contribution in [1.29, 1.82) is 0 Å². The van der Waals surface area contributed by atoms with Crippen molar-refractivity contribution in [3.8, 4) is 22.4 Å². The highest BCUT2D eigenvalue weighted by Gasteiger charge is 2.32. The minimum Gasteiger partial charge on any atom is -0.261 e. The molecule has 0 bridgehead atoms. The van der Waals surface area contributed by atoms with Crippen LogP contribution in [0.5, 0.6) is 0 Å². The first kappa shape index (κ1) is 21.8. The van der Waals surface area contributed by atoms with Crippen LogP contribution in [0.3, 0.4) is 0 Å². The number of aromatic nitrogens is 6. The molecule has 0 unspecified atom stereocenters. The quantitative estimate of drug-likeness (QED) is 0.370. The number of pyridine rings is 2. The molecule has 34 heavy (non-hydrogen) atoms. The largest absolute Gasteiger partial charge is 0.433 e. The van der Waals surface area contributed by atoms with Gasteiger partial charge in [-0.25, -0.2) is 13.9 Å². The second-order valence-electron chi connectivity index (χ2n) is 7.39. The maximum atomic E-state index is 13.0. The molecule has 0 N–H and O–H groups in total. The predicted molar refractivity (Wildman–Crippen MR) is 119 cm³/mol. The van der Waals surface area contributed by atoms with Gasteiger partial charge in [0.2, 0.25) is 0 Å². The Labute approximate surface area is 195 Å². The van der Waals surface area contributed by atoms with Crippen molar-refractivity contribution >= 4 is 17.2 Å². The topological polar surface area (TPSA) is 78.0 Å². The third-order valence-electron chi connectivity index (χ3n) is 5.18. The van der Waals surface area contributed by atoms with Gasteiger partial charge >= 0.3 is 11.9 Å². The van der Waals surface area contributed by atoms with Gasteiger partial charge in [0.1, 0.15) is 5.69 Å². The van der Waals surface area contributed by atoms with E-state index in [-0.39, 0.29) is 6.54 Å². The molecule has 5 rings (SSSR count). The lowest BCUT2D eigenvalue weighted by Gasteiger charge is -2.10. The van der Waals surface area contributed by atoms with E-state index in [4.69, 9.17) is 11.6 Å². The summed E-state index contributed by atoms with van der Waals surface area (Å²) in [4.78, 5) is 25.0. The summed E-state index contributed by atoms with van der Waals surface area (Å²) in [6, 6.07) is 11.1. The molecule has 0 saturated carbocycles. The zero-order valence-corrected chi connectivity index (χ0v) is 18.0. The summed E-state index contributed by atoms with van der Waals surface area (Å²) in [5.74, 6) is 0. The number of halogens is 4.